The fourth-order valence-electron chi connectivity index (χ4n) is 2.36. The highest BCUT2D eigenvalue weighted by Gasteiger charge is 2.09. The molecule has 0 atom stereocenters. The minimum Gasteiger partial charge on any atom is -0.492 e. The van der Waals surface area contributed by atoms with Gasteiger partial charge in [-0.3, -0.25) is 0 Å². The molecule has 2 rings (SSSR count). The summed E-state index contributed by atoms with van der Waals surface area (Å²) in [7, 11) is 0. The van der Waals surface area contributed by atoms with Gasteiger partial charge in [-0.15, -0.1) is 0 Å². The van der Waals surface area contributed by atoms with E-state index >= 15 is 0 Å². The Morgan fingerprint density at radius 2 is 1.35 bits per heavy atom. The highest BCUT2D eigenvalue weighted by molar-refractivity contribution is 14.1. The molecule has 2 nitrogen and oxygen atoms in total. The van der Waals surface area contributed by atoms with Crippen molar-refractivity contribution in [2.24, 2.45) is 0 Å². The third kappa shape index (κ3) is 5.20. The van der Waals surface area contributed by atoms with Gasteiger partial charge in [-0.2, -0.15) is 0 Å². The summed E-state index contributed by atoms with van der Waals surface area (Å²) < 4.78 is 26.9. The molecule has 0 heterocycles. The Kier molecular flexibility index (Phi) is 6.94. The molecule has 124 valence electrons. The van der Waals surface area contributed by atoms with Crippen molar-refractivity contribution in [1.29, 1.82) is 0 Å². The Labute approximate surface area is 164 Å². The Balaban J connectivity index is 1.85. The molecule has 0 bridgehead atoms. The van der Waals surface area contributed by atoms with E-state index in [1.807, 2.05) is 6.92 Å². The van der Waals surface area contributed by atoms with Gasteiger partial charge in [0, 0.05) is 6.42 Å². The first-order valence-electron chi connectivity index (χ1n) is 7.36. The van der Waals surface area contributed by atoms with Gasteiger partial charge in [-0.1, -0.05) is 6.07 Å². The molecule has 0 aliphatic rings. The second kappa shape index (κ2) is 8.50. The highest BCUT2D eigenvalue weighted by atomic mass is 127. The summed E-state index contributed by atoms with van der Waals surface area (Å²) in [4.78, 5) is 0. The van der Waals surface area contributed by atoms with Gasteiger partial charge in [-0.05, 0) is 101 Å². The number of rotatable bonds is 6. The van der Waals surface area contributed by atoms with Gasteiger partial charge < -0.3 is 9.47 Å². The van der Waals surface area contributed by atoms with Gasteiger partial charge in [0.15, 0.2) is 0 Å². The maximum Gasteiger partial charge on any atom is 0.135 e. The summed E-state index contributed by atoms with van der Waals surface area (Å²) in [5.74, 6) is 1.48. The summed E-state index contributed by atoms with van der Waals surface area (Å²) in [6.07, 6.45) is 0.774. The summed E-state index contributed by atoms with van der Waals surface area (Å²) in [5.41, 5.74) is 3.21. The van der Waals surface area contributed by atoms with Crippen LogP contribution in [0.5, 0.6) is 11.5 Å². The summed E-state index contributed by atoms with van der Waals surface area (Å²) in [5, 5.41) is 0. The lowest BCUT2D eigenvalue weighted by Gasteiger charge is -2.14. The van der Waals surface area contributed by atoms with Crippen LogP contribution in [0.1, 0.15) is 23.1 Å². The van der Waals surface area contributed by atoms with Crippen molar-refractivity contribution < 1.29 is 13.9 Å². The van der Waals surface area contributed by atoms with Crippen molar-refractivity contribution in [3.63, 3.8) is 0 Å². The fraction of sp³-hybridized carbons (Fsp3) is 0.333. The zero-order valence-corrected chi connectivity index (χ0v) is 17.7. The SMILES string of the molecule is Cc1cc(C)c(OCCCOc2c(C)cc(F)cc2I)c(I)c1. The van der Waals surface area contributed by atoms with Crippen LogP contribution in [-0.2, 0) is 0 Å². The second-order valence-electron chi connectivity index (χ2n) is 5.48. The van der Waals surface area contributed by atoms with Crippen LogP contribution in [0.15, 0.2) is 24.3 Å². The maximum atomic E-state index is 13.3. The monoisotopic (exact) mass is 540 g/mol. The molecule has 0 N–H and O–H groups in total. The molecular weight excluding hydrogens is 521 g/mol. The van der Waals surface area contributed by atoms with Gasteiger partial charge in [0.1, 0.15) is 17.3 Å². The predicted molar refractivity (Wildman–Crippen MR) is 108 cm³/mol. The maximum absolute atomic E-state index is 13.3. The van der Waals surface area contributed by atoms with Crippen LogP contribution >= 0.6 is 45.2 Å². The molecule has 0 amide bonds. The van der Waals surface area contributed by atoms with Crippen molar-refractivity contribution in [2.75, 3.05) is 13.2 Å². The molecule has 0 saturated carbocycles. The summed E-state index contributed by atoms with van der Waals surface area (Å²) >= 11 is 4.40. The van der Waals surface area contributed by atoms with E-state index in [1.54, 1.807) is 0 Å². The second-order valence-corrected chi connectivity index (χ2v) is 7.80. The molecular formula is C18H19FI2O2. The molecule has 0 spiro atoms. The molecule has 0 aliphatic carbocycles. The average molecular weight is 540 g/mol. The average Bonchev–Trinajstić information content (AvgIpc) is 2.42. The smallest absolute Gasteiger partial charge is 0.135 e. The van der Waals surface area contributed by atoms with E-state index in [0.29, 0.717) is 13.2 Å². The summed E-state index contributed by atoms with van der Waals surface area (Å²) in [6, 6.07) is 7.21. The normalized spacial score (nSPS) is 10.7. The minimum atomic E-state index is -0.230. The zero-order chi connectivity index (χ0) is 17.0. The Morgan fingerprint density at radius 1 is 0.826 bits per heavy atom. The number of halogens is 3. The molecule has 2 aromatic carbocycles. The van der Waals surface area contributed by atoms with E-state index in [9.17, 15) is 4.39 Å². The van der Waals surface area contributed by atoms with E-state index in [-0.39, 0.29) is 5.82 Å². The molecule has 0 aromatic heterocycles. The van der Waals surface area contributed by atoms with Crippen molar-refractivity contribution >= 4 is 45.2 Å². The summed E-state index contributed by atoms with van der Waals surface area (Å²) in [6.45, 7) is 7.14. The lowest BCUT2D eigenvalue weighted by atomic mass is 10.1. The number of hydrogen-bond acceptors (Lipinski definition) is 2. The molecule has 0 fully saturated rings. The zero-order valence-electron chi connectivity index (χ0n) is 13.4. The molecule has 2 aromatic rings. The Morgan fingerprint density at radius 3 is 1.87 bits per heavy atom. The first-order chi connectivity index (χ1) is 10.9. The third-order valence-electron chi connectivity index (χ3n) is 3.35. The lowest BCUT2D eigenvalue weighted by Crippen LogP contribution is -2.08. The first kappa shape index (κ1) is 18.8. The standard InChI is InChI=1S/C18H19FI2O2/c1-11-7-12(2)17(15(20)8-11)22-5-4-6-23-18-13(3)9-14(19)10-16(18)21/h7-10H,4-6H2,1-3H3. The van der Waals surface area contributed by atoms with E-state index < -0.39 is 0 Å². The Bertz CT molecular complexity index is 596. The van der Waals surface area contributed by atoms with Crippen LogP contribution in [0.4, 0.5) is 4.39 Å². The van der Waals surface area contributed by atoms with Crippen LogP contribution in [0, 0.1) is 33.7 Å². The van der Waals surface area contributed by atoms with Crippen LogP contribution in [0.3, 0.4) is 0 Å². The van der Waals surface area contributed by atoms with E-state index in [4.69, 9.17) is 9.47 Å². The minimum absolute atomic E-state index is 0.230. The van der Waals surface area contributed by atoms with Crippen LogP contribution in [0.2, 0.25) is 0 Å². The Hall–Kier alpha value is -0.570. The van der Waals surface area contributed by atoms with Gasteiger partial charge in [0.25, 0.3) is 0 Å². The first-order valence-corrected chi connectivity index (χ1v) is 9.52. The van der Waals surface area contributed by atoms with Gasteiger partial charge in [0.05, 0.1) is 20.4 Å². The molecule has 5 heteroatoms. The topological polar surface area (TPSA) is 18.5 Å². The molecule has 0 radical (unpaired) electrons. The van der Waals surface area contributed by atoms with E-state index in [2.05, 4.69) is 71.2 Å². The van der Waals surface area contributed by atoms with E-state index in [1.165, 1.54) is 17.7 Å². The number of ether oxygens (including phenoxy) is 2. The largest absolute Gasteiger partial charge is 0.492 e. The van der Waals surface area contributed by atoms with E-state index in [0.717, 1.165) is 36.2 Å². The van der Waals surface area contributed by atoms with Crippen LogP contribution in [-0.4, -0.2) is 13.2 Å². The van der Waals surface area contributed by atoms with Gasteiger partial charge >= 0.3 is 0 Å². The quantitative estimate of drug-likeness (QED) is 0.341. The molecule has 0 unspecified atom stereocenters. The van der Waals surface area contributed by atoms with Gasteiger partial charge in [-0.25, -0.2) is 4.39 Å². The van der Waals surface area contributed by atoms with Crippen molar-refractivity contribution in [3.8, 4) is 11.5 Å². The van der Waals surface area contributed by atoms with Crippen LogP contribution in [0.25, 0.3) is 0 Å². The highest BCUT2D eigenvalue weighted by Crippen LogP contribution is 2.28. The number of aryl methyl sites for hydroxylation is 3. The number of hydrogen-bond donors (Lipinski definition) is 0. The van der Waals surface area contributed by atoms with Gasteiger partial charge in [0.2, 0.25) is 0 Å². The molecule has 0 saturated heterocycles. The van der Waals surface area contributed by atoms with Crippen molar-refractivity contribution in [2.45, 2.75) is 27.2 Å². The number of benzene rings is 2. The predicted octanol–water partition coefficient (Wildman–Crippen LogP) is 5.81. The lowest BCUT2D eigenvalue weighted by molar-refractivity contribution is 0.243. The molecule has 23 heavy (non-hydrogen) atoms. The fourth-order valence-corrected chi connectivity index (χ4v) is 4.32. The van der Waals surface area contributed by atoms with Crippen LogP contribution < -0.4 is 9.47 Å². The third-order valence-corrected chi connectivity index (χ3v) is 4.95. The van der Waals surface area contributed by atoms with Crippen molar-refractivity contribution in [3.05, 3.63) is 53.9 Å². The van der Waals surface area contributed by atoms with Crippen molar-refractivity contribution in [1.82, 2.24) is 0 Å². The molecule has 0 aliphatic heterocycles.